The Balaban J connectivity index is 1.83. The third-order valence-corrected chi connectivity index (χ3v) is 5.09. The molecule has 2 fully saturated rings. The molecule has 1 N–H and O–H groups in total. The standard InChI is InChI=1S/C16H31NO/c1-4-17-15-7-5-6-8-16(15)18-14-10-9-12(2)13(3)11-14/h12-17H,4-11H2,1-3H3. The van der Waals surface area contributed by atoms with Crippen LogP contribution in [0, 0.1) is 11.8 Å². The summed E-state index contributed by atoms with van der Waals surface area (Å²) >= 11 is 0. The summed E-state index contributed by atoms with van der Waals surface area (Å²) in [6, 6.07) is 0.610. The third-order valence-electron chi connectivity index (χ3n) is 5.09. The summed E-state index contributed by atoms with van der Waals surface area (Å²) in [6.07, 6.45) is 10.2. The van der Waals surface area contributed by atoms with Crippen LogP contribution in [-0.4, -0.2) is 24.8 Å². The van der Waals surface area contributed by atoms with Crippen LogP contribution in [0.15, 0.2) is 0 Å². The number of likely N-dealkylation sites (N-methyl/N-ethyl adjacent to an activating group) is 1. The van der Waals surface area contributed by atoms with E-state index < -0.39 is 0 Å². The third kappa shape index (κ3) is 3.71. The number of hydrogen-bond acceptors (Lipinski definition) is 2. The molecule has 0 aromatic rings. The highest BCUT2D eigenvalue weighted by molar-refractivity contribution is 4.84. The lowest BCUT2D eigenvalue weighted by molar-refractivity contribution is -0.0731. The molecule has 2 rings (SSSR count). The highest BCUT2D eigenvalue weighted by Gasteiger charge is 2.31. The van der Waals surface area contributed by atoms with Gasteiger partial charge in [-0.1, -0.05) is 33.6 Å². The first kappa shape index (κ1) is 14.3. The van der Waals surface area contributed by atoms with E-state index in [1.54, 1.807) is 0 Å². The normalized spacial score (nSPS) is 41.8. The lowest BCUT2D eigenvalue weighted by atomic mass is 9.80. The predicted octanol–water partition coefficient (Wildman–Crippen LogP) is 3.75. The smallest absolute Gasteiger partial charge is 0.0731 e. The van der Waals surface area contributed by atoms with Crippen molar-refractivity contribution in [1.29, 1.82) is 0 Å². The maximum absolute atomic E-state index is 6.45. The Morgan fingerprint density at radius 2 is 1.78 bits per heavy atom. The van der Waals surface area contributed by atoms with Crippen LogP contribution in [0.4, 0.5) is 0 Å². The zero-order valence-electron chi connectivity index (χ0n) is 12.5. The van der Waals surface area contributed by atoms with Crippen LogP contribution in [-0.2, 0) is 4.74 Å². The van der Waals surface area contributed by atoms with Crippen LogP contribution in [0.25, 0.3) is 0 Å². The van der Waals surface area contributed by atoms with Gasteiger partial charge in [-0.3, -0.25) is 0 Å². The van der Waals surface area contributed by atoms with Gasteiger partial charge in [0.25, 0.3) is 0 Å². The minimum absolute atomic E-state index is 0.476. The van der Waals surface area contributed by atoms with Gasteiger partial charge in [-0.05, 0) is 50.5 Å². The molecule has 0 aromatic carbocycles. The van der Waals surface area contributed by atoms with Crippen LogP contribution >= 0.6 is 0 Å². The Hall–Kier alpha value is -0.0800. The molecule has 2 nitrogen and oxygen atoms in total. The summed E-state index contributed by atoms with van der Waals surface area (Å²) in [6.45, 7) is 8.06. The molecule has 0 bridgehead atoms. The van der Waals surface area contributed by atoms with Crippen molar-refractivity contribution < 1.29 is 4.74 Å². The molecular weight excluding hydrogens is 222 g/mol. The second-order valence-corrected chi connectivity index (χ2v) is 6.51. The zero-order chi connectivity index (χ0) is 13.0. The molecule has 5 atom stereocenters. The van der Waals surface area contributed by atoms with Crippen LogP contribution in [0.2, 0.25) is 0 Å². The fourth-order valence-electron chi connectivity index (χ4n) is 3.62. The van der Waals surface area contributed by atoms with Crippen molar-refractivity contribution in [2.75, 3.05) is 6.54 Å². The van der Waals surface area contributed by atoms with Crippen molar-refractivity contribution in [1.82, 2.24) is 5.32 Å². The van der Waals surface area contributed by atoms with Gasteiger partial charge < -0.3 is 10.1 Å². The molecule has 0 aromatic heterocycles. The van der Waals surface area contributed by atoms with Gasteiger partial charge >= 0.3 is 0 Å². The van der Waals surface area contributed by atoms with Gasteiger partial charge in [0.15, 0.2) is 0 Å². The van der Waals surface area contributed by atoms with E-state index in [1.165, 1.54) is 44.9 Å². The first-order valence-corrected chi connectivity index (χ1v) is 8.09. The lowest BCUT2D eigenvalue weighted by Crippen LogP contribution is -2.45. The van der Waals surface area contributed by atoms with E-state index in [-0.39, 0.29) is 0 Å². The molecule has 0 aliphatic heterocycles. The van der Waals surface area contributed by atoms with Crippen LogP contribution in [0.1, 0.15) is 65.7 Å². The van der Waals surface area contributed by atoms with Crippen LogP contribution < -0.4 is 5.32 Å². The quantitative estimate of drug-likeness (QED) is 0.824. The second-order valence-electron chi connectivity index (χ2n) is 6.51. The molecule has 0 spiro atoms. The van der Waals surface area contributed by atoms with Crippen molar-refractivity contribution in [3.8, 4) is 0 Å². The lowest BCUT2D eigenvalue weighted by Gasteiger charge is -2.38. The summed E-state index contributed by atoms with van der Waals surface area (Å²) in [5.41, 5.74) is 0. The van der Waals surface area contributed by atoms with Gasteiger partial charge in [-0.15, -0.1) is 0 Å². The molecule has 106 valence electrons. The summed E-state index contributed by atoms with van der Waals surface area (Å²) < 4.78 is 6.45. The molecule has 18 heavy (non-hydrogen) atoms. The predicted molar refractivity (Wildman–Crippen MR) is 76.8 cm³/mol. The molecular formula is C16H31NO. The fraction of sp³-hybridized carbons (Fsp3) is 1.00. The van der Waals surface area contributed by atoms with Gasteiger partial charge in [0.05, 0.1) is 12.2 Å². The Morgan fingerprint density at radius 1 is 1.00 bits per heavy atom. The van der Waals surface area contributed by atoms with Crippen LogP contribution in [0.3, 0.4) is 0 Å². The molecule has 2 aliphatic carbocycles. The van der Waals surface area contributed by atoms with Crippen molar-refractivity contribution >= 4 is 0 Å². The van der Waals surface area contributed by atoms with Gasteiger partial charge in [0.1, 0.15) is 0 Å². The molecule has 0 radical (unpaired) electrons. The largest absolute Gasteiger partial charge is 0.373 e. The average Bonchev–Trinajstić information content (AvgIpc) is 2.37. The SMILES string of the molecule is CCNC1CCCCC1OC1CCC(C)C(C)C1. The van der Waals surface area contributed by atoms with Crippen LogP contribution in [0.5, 0.6) is 0 Å². The summed E-state index contributed by atoms with van der Waals surface area (Å²) in [7, 11) is 0. The van der Waals surface area contributed by atoms with E-state index in [9.17, 15) is 0 Å². The van der Waals surface area contributed by atoms with Gasteiger partial charge in [-0.2, -0.15) is 0 Å². The molecule has 5 unspecified atom stereocenters. The topological polar surface area (TPSA) is 21.3 Å². The Morgan fingerprint density at radius 3 is 2.50 bits per heavy atom. The number of hydrogen-bond donors (Lipinski definition) is 1. The number of nitrogens with one attached hydrogen (secondary N) is 1. The van der Waals surface area contributed by atoms with Gasteiger partial charge in [0, 0.05) is 6.04 Å². The molecule has 2 aliphatic rings. The minimum Gasteiger partial charge on any atom is -0.373 e. The van der Waals surface area contributed by atoms with E-state index in [2.05, 4.69) is 26.1 Å². The van der Waals surface area contributed by atoms with E-state index in [0.717, 1.165) is 18.4 Å². The molecule has 0 amide bonds. The zero-order valence-corrected chi connectivity index (χ0v) is 12.5. The highest BCUT2D eigenvalue weighted by atomic mass is 16.5. The number of rotatable bonds is 4. The Bertz CT molecular complexity index is 241. The summed E-state index contributed by atoms with van der Waals surface area (Å²) in [5, 5.41) is 3.62. The van der Waals surface area contributed by atoms with E-state index in [1.807, 2.05) is 0 Å². The van der Waals surface area contributed by atoms with Crippen molar-refractivity contribution in [3.05, 3.63) is 0 Å². The van der Waals surface area contributed by atoms with Gasteiger partial charge in [0.2, 0.25) is 0 Å². The molecule has 2 saturated carbocycles. The minimum atomic E-state index is 0.476. The summed E-state index contributed by atoms with van der Waals surface area (Å²) in [5.74, 6) is 1.73. The Labute approximate surface area is 113 Å². The first-order valence-electron chi connectivity index (χ1n) is 8.09. The first-order chi connectivity index (χ1) is 8.70. The Kier molecular flexibility index (Phi) is 5.50. The molecule has 2 heteroatoms. The van der Waals surface area contributed by atoms with Gasteiger partial charge in [-0.25, -0.2) is 0 Å². The van der Waals surface area contributed by atoms with Crippen molar-refractivity contribution in [2.24, 2.45) is 11.8 Å². The fourth-order valence-corrected chi connectivity index (χ4v) is 3.62. The van der Waals surface area contributed by atoms with E-state index in [4.69, 9.17) is 4.74 Å². The molecule has 0 saturated heterocycles. The number of ether oxygens (including phenoxy) is 1. The van der Waals surface area contributed by atoms with Crippen molar-refractivity contribution in [2.45, 2.75) is 84.0 Å². The van der Waals surface area contributed by atoms with Crippen molar-refractivity contribution in [3.63, 3.8) is 0 Å². The highest BCUT2D eigenvalue weighted by Crippen LogP contribution is 2.33. The monoisotopic (exact) mass is 253 g/mol. The second kappa shape index (κ2) is 6.91. The van der Waals surface area contributed by atoms with E-state index >= 15 is 0 Å². The maximum atomic E-state index is 6.45. The van der Waals surface area contributed by atoms with E-state index in [0.29, 0.717) is 18.2 Å². The maximum Gasteiger partial charge on any atom is 0.0731 e. The summed E-state index contributed by atoms with van der Waals surface area (Å²) in [4.78, 5) is 0. The molecule has 0 heterocycles. The average molecular weight is 253 g/mol.